The van der Waals surface area contributed by atoms with Gasteiger partial charge in [-0.2, -0.15) is 0 Å². The lowest BCUT2D eigenvalue weighted by Crippen LogP contribution is -2.24. The van der Waals surface area contributed by atoms with E-state index in [2.05, 4.69) is 0 Å². The van der Waals surface area contributed by atoms with E-state index in [4.69, 9.17) is 10.5 Å². The SMILES string of the molecule is CC(C)(C)OC(=O)c1cccc(-c2ccccc2)c1N. The average Bonchev–Trinajstić information content (AvgIpc) is 2.38. The number of nitrogen functional groups attached to an aromatic ring is 1. The zero-order valence-electron chi connectivity index (χ0n) is 12.0. The number of ether oxygens (including phenoxy) is 1. The van der Waals surface area contributed by atoms with Crippen LogP contribution in [0.2, 0.25) is 0 Å². The van der Waals surface area contributed by atoms with Crippen LogP contribution in [0.15, 0.2) is 48.5 Å². The number of anilines is 1. The minimum Gasteiger partial charge on any atom is -0.456 e. The second-order valence-electron chi connectivity index (χ2n) is 5.63. The lowest BCUT2D eigenvalue weighted by Gasteiger charge is -2.20. The molecule has 0 bridgehead atoms. The van der Waals surface area contributed by atoms with Gasteiger partial charge in [-0.1, -0.05) is 42.5 Å². The van der Waals surface area contributed by atoms with Gasteiger partial charge in [0.2, 0.25) is 0 Å². The van der Waals surface area contributed by atoms with Gasteiger partial charge in [0.05, 0.1) is 11.3 Å². The molecule has 0 radical (unpaired) electrons. The Kier molecular flexibility index (Phi) is 3.79. The summed E-state index contributed by atoms with van der Waals surface area (Å²) in [5, 5.41) is 0. The van der Waals surface area contributed by atoms with Crippen LogP contribution in [0, 0.1) is 0 Å². The fraction of sp³-hybridized carbons (Fsp3) is 0.235. The second-order valence-corrected chi connectivity index (χ2v) is 5.63. The zero-order chi connectivity index (χ0) is 14.8. The van der Waals surface area contributed by atoms with Gasteiger partial charge in [-0.05, 0) is 32.4 Å². The Hall–Kier alpha value is -2.29. The fourth-order valence-corrected chi connectivity index (χ4v) is 1.95. The molecule has 0 aliphatic rings. The predicted molar refractivity (Wildman–Crippen MR) is 81.5 cm³/mol. The summed E-state index contributed by atoms with van der Waals surface area (Å²) in [7, 11) is 0. The molecule has 0 atom stereocenters. The molecule has 104 valence electrons. The number of carbonyl (C=O) groups excluding carboxylic acids is 1. The number of para-hydroxylation sites is 1. The summed E-state index contributed by atoms with van der Waals surface area (Å²) in [5.41, 5.74) is 8.28. The molecule has 0 saturated carbocycles. The number of benzene rings is 2. The third-order valence-electron chi connectivity index (χ3n) is 2.81. The molecule has 0 amide bonds. The molecule has 0 aliphatic carbocycles. The first-order valence-corrected chi connectivity index (χ1v) is 6.56. The van der Waals surface area contributed by atoms with Crippen LogP contribution in [0.1, 0.15) is 31.1 Å². The minimum atomic E-state index is -0.535. The van der Waals surface area contributed by atoms with Crippen LogP contribution < -0.4 is 5.73 Å². The molecule has 20 heavy (non-hydrogen) atoms. The maximum atomic E-state index is 12.2. The Bertz CT molecular complexity index is 613. The van der Waals surface area contributed by atoms with Crippen LogP contribution in [-0.2, 0) is 4.74 Å². The molecule has 0 heterocycles. The number of nitrogens with two attached hydrogens (primary N) is 1. The molecule has 0 aliphatic heterocycles. The van der Waals surface area contributed by atoms with Crippen molar-refractivity contribution < 1.29 is 9.53 Å². The van der Waals surface area contributed by atoms with Crippen molar-refractivity contribution in [3.05, 3.63) is 54.1 Å². The molecular weight excluding hydrogens is 250 g/mol. The van der Waals surface area contributed by atoms with Crippen LogP contribution in [0.3, 0.4) is 0 Å². The van der Waals surface area contributed by atoms with Crippen molar-refractivity contribution in [2.75, 3.05) is 5.73 Å². The highest BCUT2D eigenvalue weighted by molar-refractivity contribution is 5.99. The molecule has 2 aromatic carbocycles. The summed E-state index contributed by atoms with van der Waals surface area (Å²) in [6, 6.07) is 15.2. The number of hydrogen-bond donors (Lipinski definition) is 1. The van der Waals surface area contributed by atoms with Gasteiger partial charge in [0.1, 0.15) is 5.60 Å². The van der Waals surface area contributed by atoms with Crippen molar-refractivity contribution in [2.24, 2.45) is 0 Å². The van der Waals surface area contributed by atoms with Crippen molar-refractivity contribution in [1.29, 1.82) is 0 Å². The molecule has 3 heteroatoms. The first kappa shape index (κ1) is 14.1. The van der Waals surface area contributed by atoms with Gasteiger partial charge >= 0.3 is 5.97 Å². The number of esters is 1. The monoisotopic (exact) mass is 269 g/mol. The highest BCUT2D eigenvalue weighted by atomic mass is 16.6. The minimum absolute atomic E-state index is 0.396. The fourth-order valence-electron chi connectivity index (χ4n) is 1.95. The highest BCUT2D eigenvalue weighted by Crippen LogP contribution is 2.29. The van der Waals surface area contributed by atoms with Gasteiger partial charge in [0.25, 0.3) is 0 Å². The van der Waals surface area contributed by atoms with Gasteiger partial charge in [-0.3, -0.25) is 0 Å². The van der Waals surface area contributed by atoms with E-state index in [1.165, 1.54) is 0 Å². The molecule has 0 saturated heterocycles. The number of rotatable bonds is 2. The predicted octanol–water partition coefficient (Wildman–Crippen LogP) is 3.89. The Morgan fingerprint density at radius 3 is 2.25 bits per heavy atom. The third kappa shape index (κ3) is 3.18. The van der Waals surface area contributed by atoms with Crippen LogP contribution in [0.5, 0.6) is 0 Å². The highest BCUT2D eigenvalue weighted by Gasteiger charge is 2.20. The van der Waals surface area contributed by atoms with Gasteiger partial charge < -0.3 is 10.5 Å². The largest absolute Gasteiger partial charge is 0.456 e. The van der Waals surface area contributed by atoms with E-state index >= 15 is 0 Å². The van der Waals surface area contributed by atoms with E-state index in [0.717, 1.165) is 11.1 Å². The van der Waals surface area contributed by atoms with Gasteiger partial charge in [-0.15, -0.1) is 0 Å². The van der Waals surface area contributed by atoms with Crippen molar-refractivity contribution in [3.8, 4) is 11.1 Å². The van der Waals surface area contributed by atoms with Gasteiger partial charge in [-0.25, -0.2) is 4.79 Å². The molecule has 0 spiro atoms. The number of carbonyl (C=O) groups is 1. The van der Waals surface area contributed by atoms with Crippen molar-refractivity contribution >= 4 is 11.7 Å². The Balaban J connectivity index is 2.41. The molecule has 0 unspecified atom stereocenters. The first-order valence-electron chi connectivity index (χ1n) is 6.56. The third-order valence-corrected chi connectivity index (χ3v) is 2.81. The van der Waals surface area contributed by atoms with E-state index in [-0.39, 0.29) is 0 Å². The Morgan fingerprint density at radius 2 is 1.65 bits per heavy atom. The topological polar surface area (TPSA) is 52.3 Å². The summed E-state index contributed by atoms with van der Waals surface area (Å²) < 4.78 is 5.38. The maximum absolute atomic E-state index is 12.2. The van der Waals surface area contributed by atoms with Gasteiger partial charge in [0, 0.05) is 5.56 Å². The van der Waals surface area contributed by atoms with Crippen LogP contribution in [-0.4, -0.2) is 11.6 Å². The lowest BCUT2D eigenvalue weighted by atomic mass is 10.0. The molecule has 2 aromatic rings. The molecule has 3 nitrogen and oxygen atoms in total. The normalized spacial score (nSPS) is 11.2. The Labute approximate surface area is 119 Å². The number of hydrogen-bond acceptors (Lipinski definition) is 3. The maximum Gasteiger partial charge on any atom is 0.340 e. The van der Waals surface area contributed by atoms with Gasteiger partial charge in [0.15, 0.2) is 0 Å². The van der Waals surface area contributed by atoms with Crippen LogP contribution >= 0.6 is 0 Å². The van der Waals surface area contributed by atoms with Crippen molar-refractivity contribution in [1.82, 2.24) is 0 Å². The standard InChI is InChI=1S/C17H19NO2/c1-17(2,3)20-16(19)14-11-7-10-13(15(14)18)12-8-5-4-6-9-12/h4-11H,18H2,1-3H3. The summed E-state index contributed by atoms with van der Waals surface area (Å²) in [5.74, 6) is -0.396. The summed E-state index contributed by atoms with van der Waals surface area (Å²) >= 11 is 0. The van der Waals surface area contributed by atoms with E-state index in [1.807, 2.05) is 63.2 Å². The van der Waals surface area contributed by atoms with Crippen molar-refractivity contribution in [3.63, 3.8) is 0 Å². The average molecular weight is 269 g/mol. The molecule has 0 aromatic heterocycles. The zero-order valence-corrected chi connectivity index (χ0v) is 12.0. The molecule has 0 fully saturated rings. The lowest BCUT2D eigenvalue weighted by molar-refractivity contribution is 0.00708. The molecular formula is C17H19NO2. The summed E-state index contributed by atoms with van der Waals surface area (Å²) in [6.45, 7) is 5.51. The van der Waals surface area contributed by atoms with E-state index in [1.54, 1.807) is 6.07 Å². The van der Waals surface area contributed by atoms with E-state index in [9.17, 15) is 4.79 Å². The Morgan fingerprint density at radius 1 is 1.00 bits per heavy atom. The molecule has 2 rings (SSSR count). The smallest absolute Gasteiger partial charge is 0.340 e. The van der Waals surface area contributed by atoms with E-state index in [0.29, 0.717) is 11.3 Å². The quantitative estimate of drug-likeness (QED) is 0.664. The first-order chi connectivity index (χ1) is 9.38. The second kappa shape index (κ2) is 5.37. The van der Waals surface area contributed by atoms with Crippen LogP contribution in [0.25, 0.3) is 11.1 Å². The van der Waals surface area contributed by atoms with E-state index < -0.39 is 11.6 Å². The summed E-state index contributed by atoms with van der Waals surface area (Å²) in [4.78, 5) is 12.2. The van der Waals surface area contributed by atoms with Crippen molar-refractivity contribution in [2.45, 2.75) is 26.4 Å². The molecule has 2 N–H and O–H groups in total. The summed E-state index contributed by atoms with van der Waals surface area (Å²) in [6.07, 6.45) is 0. The van der Waals surface area contributed by atoms with Crippen LogP contribution in [0.4, 0.5) is 5.69 Å².